The number of para-hydroxylation sites is 1. The molecule has 0 bridgehead atoms. The van der Waals surface area contributed by atoms with Gasteiger partial charge < -0.3 is 16.4 Å². The highest BCUT2D eigenvalue weighted by atomic mass is 16.2. The number of rotatable bonds is 5. The van der Waals surface area contributed by atoms with E-state index in [0.717, 1.165) is 12.8 Å². The lowest BCUT2D eigenvalue weighted by Gasteiger charge is -2.17. The molecule has 1 atom stereocenters. The number of carbonyl (C=O) groups is 2. The van der Waals surface area contributed by atoms with Crippen LogP contribution < -0.4 is 16.4 Å². The van der Waals surface area contributed by atoms with Gasteiger partial charge in [-0.15, -0.1) is 0 Å². The van der Waals surface area contributed by atoms with Gasteiger partial charge in [-0.2, -0.15) is 0 Å². The maximum absolute atomic E-state index is 12.1. The summed E-state index contributed by atoms with van der Waals surface area (Å²) in [5, 5.41) is 5.66. The quantitative estimate of drug-likeness (QED) is 0.761. The van der Waals surface area contributed by atoms with Crippen LogP contribution in [0.3, 0.4) is 0 Å². The molecule has 1 fully saturated rings. The van der Waals surface area contributed by atoms with Crippen molar-refractivity contribution < 1.29 is 9.59 Å². The van der Waals surface area contributed by atoms with Gasteiger partial charge in [0, 0.05) is 6.04 Å². The molecule has 1 aromatic rings. The maximum Gasteiger partial charge on any atom is 0.253 e. The van der Waals surface area contributed by atoms with Gasteiger partial charge >= 0.3 is 0 Å². The lowest BCUT2D eigenvalue weighted by Crippen LogP contribution is -2.40. The zero-order valence-electron chi connectivity index (χ0n) is 11.8. The molecule has 0 heterocycles. The summed E-state index contributed by atoms with van der Waals surface area (Å²) in [5.74, 6) is -0.379. The number of benzene rings is 1. The van der Waals surface area contributed by atoms with E-state index in [1.807, 2.05) is 13.8 Å². The highest BCUT2D eigenvalue weighted by Gasteiger charge is 2.25. The Balaban J connectivity index is 2.10. The van der Waals surface area contributed by atoms with Gasteiger partial charge in [-0.25, -0.2) is 0 Å². The molecule has 2 rings (SSSR count). The van der Waals surface area contributed by atoms with Crippen LogP contribution in [0.4, 0.5) is 5.69 Å². The topological polar surface area (TPSA) is 84.2 Å². The number of nitrogens with two attached hydrogens (primary N) is 1. The highest BCUT2D eigenvalue weighted by Crippen LogP contribution is 2.21. The van der Waals surface area contributed by atoms with Crippen LogP contribution in [-0.4, -0.2) is 23.9 Å². The minimum absolute atomic E-state index is 0.0439. The Bertz CT molecular complexity index is 510. The third-order valence-corrected chi connectivity index (χ3v) is 3.36. The van der Waals surface area contributed by atoms with E-state index in [1.54, 1.807) is 24.3 Å². The fourth-order valence-electron chi connectivity index (χ4n) is 1.80. The average molecular weight is 275 g/mol. The fourth-order valence-corrected chi connectivity index (χ4v) is 1.80. The Morgan fingerprint density at radius 1 is 1.25 bits per heavy atom. The number of nitrogens with one attached hydrogen (secondary N) is 2. The Morgan fingerprint density at radius 2 is 1.90 bits per heavy atom. The molecule has 0 spiro atoms. The number of hydrogen-bond donors (Lipinski definition) is 3. The molecule has 1 aliphatic rings. The zero-order valence-corrected chi connectivity index (χ0v) is 11.8. The second-order valence-electron chi connectivity index (χ2n) is 5.55. The van der Waals surface area contributed by atoms with Crippen LogP contribution in [0.5, 0.6) is 0 Å². The van der Waals surface area contributed by atoms with E-state index in [1.165, 1.54) is 0 Å². The molecule has 0 aromatic heterocycles. The largest absolute Gasteiger partial charge is 0.349 e. The molecule has 4 N–H and O–H groups in total. The van der Waals surface area contributed by atoms with E-state index in [-0.39, 0.29) is 23.8 Å². The monoisotopic (exact) mass is 275 g/mol. The first kappa shape index (κ1) is 14.5. The molecular formula is C15H21N3O2. The standard InChI is InChI=1S/C15H21N3O2/c1-9(2)13(16)15(20)18-12-6-4-3-5-11(12)14(19)17-10-7-8-10/h3-6,9-10,13H,7-8,16H2,1-2H3,(H,17,19)(H,18,20). The minimum Gasteiger partial charge on any atom is -0.349 e. The molecule has 5 nitrogen and oxygen atoms in total. The van der Waals surface area contributed by atoms with Crippen molar-refractivity contribution in [2.45, 2.75) is 38.8 Å². The van der Waals surface area contributed by atoms with E-state index in [0.29, 0.717) is 11.3 Å². The first-order valence-electron chi connectivity index (χ1n) is 6.95. The predicted molar refractivity (Wildman–Crippen MR) is 78.4 cm³/mol. The molecule has 0 radical (unpaired) electrons. The van der Waals surface area contributed by atoms with Gasteiger partial charge in [-0.1, -0.05) is 26.0 Å². The predicted octanol–water partition coefficient (Wildman–Crippen LogP) is 1.50. The van der Waals surface area contributed by atoms with Gasteiger partial charge in [0.25, 0.3) is 5.91 Å². The van der Waals surface area contributed by atoms with Gasteiger partial charge in [-0.3, -0.25) is 9.59 Å². The number of hydrogen-bond acceptors (Lipinski definition) is 3. The molecule has 20 heavy (non-hydrogen) atoms. The van der Waals surface area contributed by atoms with Crippen LogP contribution in [0.2, 0.25) is 0 Å². The van der Waals surface area contributed by atoms with Gasteiger partial charge in [0.05, 0.1) is 17.3 Å². The Morgan fingerprint density at radius 3 is 2.50 bits per heavy atom. The number of carbonyl (C=O) groups excluding carboxylic acids is 2. The summed E-state index contributed by atoms with van der Waals surface area (Å²) in [6.45, 7) is 3.77. The van der Waals surface area contributed by atoms with Gasteiger partial charge in [0.1, 0.15) is 0 Å². The van der Waals surface area contributed by atoms with Crippen LogP contribution >= 0.6 is 0 Å². The van der Waals surface area contributed by atoms with E-state index in [2.05, 4.69) is 10.6 Å². The van der Waals surface area contributed by atoms with Crippen LogP contribution in [0.25, 0.3) is 0 Å². The molecule has 0 saturated heterocycles. The molecule has 2 amide bonds. The van der Waals surface area contributed by atoms with Crippen LogP contribution in [-0.2, 0) is 4.79 Å². The third kappa shape index (κ3) is 3.57. The van der Waals surface area contributed by atoms with Crippen molar-refractivity contribution in [3.8, 4) is 0 Å². The second-order valence-corrected chi connectivity index (χ2v) is 5.55. The first-order valence-corrected chi connectivity index (χ1v) is 6.95. The van der Waals surface area contributed by atoms with E-state index in [9.17, 15) is 9.59 Å². The van der Waals surface area contributed by atoms with Crippen molar-refractivity contribution >= 4 is 17.5 Å². The Hall–Kier alpha value is -1.88. The van der Waals surface area contributed by atoms with Crippen LogP contribution in [0.1, 0.15) is 37.0 Å². The molecular weight excluding hydrogens is 254 g/mol. The smallest absolute Gasteiger partial charge is 0.253 e. The van der Waals surface area contributed by atoms with Gasteiger partial charge in [0.2, 0.25) is 5.91 Å². The van der Waals surface area contributed by atoms with Crippen molar-refractivity contribution in [1.29, 1.82) is 0 Å². The van der Waals surface area contributed by atoms with E-state index >= 15 is 0 Å². The van der Waals surface area contributed by atoms with Crippen LogP contribution in [0.15, 0.2) is 24.3 Å². The van der Waals surface area contributed by atoms with Crippen LogP contribution in [0, 0.1) is 5.92 Å². The van der Waals surface area contributed by atoms with E-state index in [4.69, 9.17) is 5.73 Å². The summed E-state index contributed by atoms with van der Waals surface area (Å²) < 4.78 is 0. The average Bonchev–Trinajstić information content (AvgIpc) is 3.22. The molecule has 5 heteroatoms. The summed E-state index contributed by atoms with van der Waals surface area (Å²) in [5.41, 5.74) is 6.79. The summed E-state index contributed by atoms with van der Waals surface area (Å²) in [6, 6.07) is 6.67. The summed E-state index contributed by atoms with van der Waals surface area (Å²) in [4.78, 5) is 24.1. The van der Waals surface area contributed by atoms with Crippen molar-refractivity contribution in [2.75, 3.05) is 5.32 Å². The van der Waals surface area contributed by atoms with Crippen molar-refractivity contribution in [3.05, 3.63) is 29.8 Å². The normalized spacial score (nSPS) is 15.8. The van der Waals surface area contributed by atoms with Gasteiger partial charge in [-0.05, 0) is 30.9 Å². The maximum atomic E-state index is 12.1. The Kier molecular flexibility index (Phi) is 4.39. The Labute approximate surface area is 118 Å². The molecule has 1 unspecified atom stereocenters. The van der Waals surface area contributed by atoms with Crippen molar-refractivity contribution in [2.24, 2.45) is 11.7 Å². The first-order chi connectivity index (χ1) is 9.49. The summed E-state index contributed by atoms with van der Waals surface area (Å²) >= 11 is 0. The molecule has 108 valence electrons. The number of amides is 2. The summed E-state index contributed by atoms with van der Waals surface area (Å²) in [7, 11) is 0. The number of anilines is 1. The molecule has 1 saturated carbocycles. The fraction of sp³-hybridized carbons (Fsp3) is 0.467. The summed E-state index contributed by atoms with van der Waals surface area (Å²) in [6.07, 6.45) is 2.05. The molecule has 1 aliphatic carbocycles. The zero-order chi connectivity index (χ0) is 14.7. The molecule has 1 aromatic carbocycles. The lowest BCUT2D eigenvalue weighted by molar-refractivity contribution is -0.118. The third-order valence-electron chi connectivity index (χ3n) is 3.36. The highest BCUT2D eigenvalue weighted by molar-refractivity contribution is 6.05. The molecule has 0 aliphatic heterocycles. The van der Waals surface area contributed by atoms with Crippen molar-refractivity contribution in [3.63, 3.8) is 0 Å². The minimum atomic E-state index is -0.588. The SMILES string of the molecule is CC(C)C(N)C(=O)Nc1ccccc1C(=O)NC1CC1. The lowest BCUT2D eigenvalue weighted by atomic mass is 10.0. The van der Waals surface area contributed by atoms with Gasteiger partial charge in [0.15, 0.2) is 0 Å². The van der Waals surface area contributed by atoms with Crippen molar-refractivity contribution in [1.82, 2.24) is 5.32 Å². The van der Waals surface area contributed by atoms with E-state index < -0.39 is 6.04 Å². The second kappa shape index (κ2) is 6.05.